The number of pyridine rings is 1. The van der Waals surface area contributed by atoms with Crippen LogP contribution >= 0.6 is 23.2 Å². The topological polar surface area (TPSA) is 140 Å². The van der Waals surface area contributed by atoms with E-state index in [0.717, 1.165) is 6.07 Å². The SMILES string of the molecule is NS(=O)(=O)c1cccc(NCCNc2ncc(Cl)cc2Cl)c1[N+](=O)[O-]. The van der Waals surface area contributed by atoms with Gasteiger partial charge in [-0.3, -0.25) is 10.1 Å². The quantitative estimate of drug-likeness (QED) is 0.364. The summed E-state index contributed by atoms with van der Waals surface area (Å²) in [5, 5.41) is 22.7. The minimum absolute atomic E-state index is 0.0356. The number of anilines is 2. The van der Waals surface area contributed by atoms with E-state index < -0.39 is 25.5 Å². The molecular weight excluding hydrogens is 393 g/mol. The van der Waals surface area contributed by atoms with E-state index in [1.807, 2.05) is 0 Å². The lowest BCUT2D eigenvalue weighted by molar-refractivity contribution is -0.386. The minimum atomic E-state index is -4.22. The molecule has 134 valence electrons. The van der Waals surface area contributed by atoms with Crippen molar-refractivity contribution in [2.24, 2.45) is 5.14 Å². The summed E-state index contributed by atoms with van der Waals surface area (Å²) < 4.78 is 23.0. The summed E-state index contributed by atoms with van der Waals surface area (Å²) in [5.41, 5.74) is -0.568. The van der Waals surface area contributed by atoms with Gasteiger partial charge in [0.1, 0.15) is 11.5 Å². The number of nitro groups is 1. The third-order valence-corrected chi connectivity index (χ3v) is 4.47. The van der Waals surface area contributed by atoms with Crippen LogP contribution in [0.3, 0.4) is 0 Å². The van der Waals surface area contributed by atoms with Gasteiger partial charge in [-0.05, 0) is 18.2 Å². The second-order valence-corrected chi connectivity index (χ2v) is 7.17. The maximum atomic E-state index is 11.5. The predicted octanol–water partition coefficient (Wildman–Crippen LogP) is 2.47. The molecule has 0 fully saturated rings. The highest BCUT2D eigenvalue weighted by atomic mass is 35.5. The average molecular weight is 406 g/mol. The lowest BCUT2D eigenvalue weighted by atomic mass is 10.2. The van der Waals surface area contributed by atoms with Gasteiger partial charge in [0, 0.05) is 19.3 Å². The Labute approximate surface area is 153 Å². The van der Waals surface area contributed by atoms with Crippen molar-refractivity contribution < 1.29 is 13.3 Å². The Morgan fingerprint density at radius 3 is 2.52 bits per heavy atom. The molecule has 12 heteroatoms. The first-order valence-corrected chi connectivity index (χ1v) is 9.09. The number of hydrogen-bond acceptors (Lipinski definition) is 7. The van der Waals surface area contributed by atoms with E-state index in [1.54, 1.807) is 0 Å². The van der Waals surface area contributed by atoms with Gasteiger partial charge < -0.3 is 10.6 Å². The predicted molar refractivity (Wildman–Crippen MR) is 95.7 cm³/mol. The van der Waals surface area contributed by atoms with E-state index in [4.69, 9.17) is 28.3 Å². The van der Waals surface area contributed by atoms with E-state index in [9.17, 15) is 18.5 Å². The van der Waals surface area contributed by atoms with Crippen molar-refractivity contribution in [3.63, 3.8) is 0 Å². The molecule has 1 heterocycles. The Kier molecular flexibility index (Phi) is 6.01. The first kappa shape index (κ1) is 19.2. The van der Waals surface area contributed by atoms with Crippen LogP contribution in [0.2, 0.25) is 10.0 Å². The number of para-hydroxylation sites is 1. The Morgan fingerprint density at radius 2 is 1.92 bits per heavy atom. The van der Waals surface area contributed by atoms with E-state index >= 15 is 0 Å². The molecule has 0 bridgehead atoms. The van der Waals surface area contributed by atoms with Crippen molar-refractivity contribution in [1.29, 1.82) is 0 Å². The normalized spacial score (nSPS) is 11.2. The van der Waals surface area contributed by atoms with Crippen LogP contribution in [0.15, 0.2) is 35.4 Å². The first-order valence-electron chi connectivity index (χ1n) is 6.79. The van der Waals surface area contributed by atoms with Crippen LogP contribution in [0, 0.1) is 10.1 Å². The summed E-state index contributed by atoms with van der Waals surface area (Å²) in [6.45, 7) is 0.542. The van der Waals surface area contributed by atoms with E-state index in [-0.39, 0.29) is 12.2 Å². The molecule has 1 aromatic heterocycles. The van der Waals surface area contributed by atoms with Gasteiger partial charge in [-0.15, -0.1) is 0 Å². The molecule has 0 spiro atoms. The molecule has 0 saturated heterocycles. The van der Waals surface area contributed by atoms with Crippen LogP contribution in [0.25, 0.3) is 0 Å². The fraction of sp³-hybridized carbons (Fsp3) is 0.154. The Balaban J connectivity index is 2.09. The van der Waals surface area contributed by atoms with Crippen LogP contribution < -0.4 is 15.8 Å². The molecule has 0 aliphatic heterocycles. The van der Waals surface area contributed by atoms with Gasteiger partial charge in [-0.25, -0.2) is 18.5 Å². The van der Waals surface area contributed by atoms with Gasteiger partial charge >= 0.3 is 5.69 Å². The van der Waals surface area contributed by atoms with Gasteiger partial charge in [0.15, 0.2) is 4.90 Å². The smallest absolute Gasteiger partial charge is 0.312 e. The van der Waals surface area contributed by atoms with E-state index in [0.29, 0.717) is 22.4 Å². The second kappa shape index (κ2) is 7.83. The summed E-state index contributed by atoms with van der Waals surface area (Å²) >= 11 is 11.7. The van der Waals surface area contributed by atoms with E-state index in [1.165, 1.54) is 24.4 Å². The van der Waals surface area contributed by atoms with Crippen molar-refractivity contribution in [2.75, 3.05) is 23.7 Å². The van der Waals surface area contributed by atoms with Crippen molar-refractivity contribution in [1.82, 2.24) is 4.98 Å². The number of sulfonamides is 1. The molecular formula is C13H13Cl2N5O4S. The van der Waals surface area contributed by atoms with Crippen molar-refractivity contribution in [3.8, 4) is 0 Å². The number of nitrogens with two attached hydrogens (primary N) is 1. The number of rotatable bonds is 7. The van der Waals surface area contributed by atoms with Gasteiger partial charge in [-0.2, -0.15) is 0 Å². The van der Waals surface area contributed by atoms with Crippen LogP contribution in [0.5, 0.6) is 0 Å². The molecule has 0 radical (unpaired) electrons. The monoisotopic (exact) mass is 405 g/mol. The minimum Gasteiger partial charge on any atom is -0.378 e. The molecule has 1 aromatic carbocycles. The Hall–Kier alpha value is -2.14. The van der Waals surface area contributed by atoms with Gasteiger partial charge in [0.25, 0.3) is 0 Å². The number of nitro benzene ring substituents is 1. The van der Waals surface area contributed by atoms with Crippen LogP contribution in [-0.2, 0) is 10.0 Å². The number of halogens is 2. The van der Waals surface area contributed by atoms with Crippen molar-refractivity contribution >= 4 is 50.4 Å². The van der Waals surface area contributed by atoms with Gasteiger partial charge in [-0.1, -0.05) is 29.3 Å². The van der Waals surface area contributed by atoms with Crippen LogP contribution in [0.4, 0.5) is 17.2 Å². The molecule has 0 aliphatic carbocycles. The number of aromatic nitrogens is 1. The summed E-state index contributed by atoms with van der Waals surface area (Å²) in [7, 11) is -4.22. The molecule has 0 saturated carbocycles. The number of hydrogen-bond donors (Lipinski definition) is 3. The lowest BCUT2D eigenvalue weighted by Crippen LogP contribution is -2.18. The lowest BCUT2D eigenvalue weighted by Gasteiger charge is -2.11. The Morgan fingerprint density at radius 1 is 1.24 bits per heavy atom. The molecule has 25 heavy (non-hydrogen) atoms. The molecule has 0 aliphatic rings. The summed E-state index contributed by atoms with van der Waals surface area (Å²) in [6.07, 6.45) is 1.42. The zero-order chi connectivity index (χ0) is 18.6. The highest BCUT2D eigenvalue weighted by molar-refractivity contribution is 7.89. The maximum absolute atomic E-state index is 11.5. The molecule has 0 unspecified atom stereocenters. The van der Waals surface area contributed by atoms with Crippen LogP contribution in [0.1, 0.15) is 0 Å². The second-order valence-electron chi connectivity index (χ2n) is 4.79. The highest BCUT2D eigenvalue weighted by Gasteiger charge is 2.26. The molecule has 9 nitrogen and oxygen atoms in total. The zero-order valence-electron chi connectivity index (χ0n) is 12.6. The van der Waals surface area contributed by atoms with Gasteiger partial charge in [0.2, 0.25) is 10.0 Å². The standard InChI is InChI=1S/C13H13Cl2N5O4S/c14-8-6-9(15)13(19-7-8)18-5-4-17-10-2-1-3-11(25(16,23)24)12(10)20(21)22/h1-3,6-7,17H,4-5H2,(H,18,19)(H2,16,23,24). The van der Waals surface area contributed by atoms with Crippen LogP contribution in [-0.4, -0.2) is 31.4 Å². The fourth-order valence-electron chi connectivity index (χ4n) is 2.01. The third kappa shape index (κ3) is 4.92. The first-order chi connectivity index (χ1) is 11.7. The molecule has 2 rings (SSSR count). The fourth-order valence-corrected chi connectivity index (χ4v) is 3.17. The number of nitrogens with zero attached hydrogens (tertiary/aromatic N) is 2. The zero-order valence-corrected chi connectivity index (χ0v) is 14.9. The summed E-state index contributed by atoms with van der Waals surface area (Å²) in [6, 6.07) is 5.35. The van der Waals surface area contributed by atoms with Crippen molar-refractivity contribution in [2.45, 2.75) is 4.90 Å². The van der Waals surface area contributed by atoms with Gasteiger partial charge in [0.05, 0.1) is 15.0 Å². The highest BCUT2D eigenvalue weighted by Crippen LogP contribution is 2.31. The van der Waals surface area contributed by atoms with E-state index in [2.05, 4.69) is 15.6 Å². The third-order valence-electron chi connectivity index (χ3n) is 3.03. The average Bonchev–Trinajstić information content (AvgIpc) is 2.51. The number of benzene rings is 1. The number of nitrogens with one attached hydrogen (secondary N) is 2. The summed E-state index contributed by atoms with van der Waals surface area (Å²) in [4.78, 5) is 13.9. The van der Waals surface area contributed by atoms with Crippen molar-refractivity contribution in [3.05, 3.63) is 50.6 Å². The molecule has 0 atom stereocenters. The molecule has 0 amide bonds. The maximum Gasteiger partial charge on any atom is 0.312 e. The molecule has 4 N–H and O–H groups in total. The molecule has 2 aromatic rings. The number of primary sulfonamides is 1. The Bertz CT molecular complexity index is 907. The summed E-state index contributed by atoms with van der Waals surface area (Å²) in [5.74, 6) is 0.403. The largest absolute Gasteiger partial charge is 0.378 e.